The van der Waals surface area contributed by atoms with Gasteiger partial charge in [0.05, 0.1) is 5.71 Å². The molecule has 0 fully saturated rings. The van der Waals surface area contributed by atoms with Crippen LogP contribution in [0.15, 0.2) is 78.0 Å². The number of carboxylic acids is 1. The molecule has 1 aliphatic rings. The summed E-state index contributed by atoms with van der Waals surface area (Å²) in [6, 6.07) is 16.5. The average Bonchev–Trinajstić information content (AvgIpc) is 3.15. The molecule has 0 radical (unpaired) electrons. The molecule has 3 aromatic rings. The van der Waals surface area contributed by atoms with Gasteiger partial charge in [0.2, 0.25) is 0 Å². The average molecular weight is 617 g/mol. The number of oxime groups is 1. The summed E-state index contributed by atoms with van der Waals surface area (Å²) >= 11 is 0. The van der Waals surface area contributed by atoms with Crippen molar-refractivity contribution in [2.45, 2.75) is 59.1 Å². The Hall–Kier alpha value is -5.19. The number of carbonyl (C=O) groups excluding carboxylic acids is 2. The number of carbonyl (C=O) groups is 3. The van der Waals surface area contributed by atoms with Crippen molar-refractivity contribution in [2.75, 3.05) is 10.6 Å². The number of allylic oxidation sites excluding steroid dienone is 1. The molecule has 1 aliphatic heterocycles. The first-order valence-electron chi connectivity index (χ1n) is 14.5. The molecule has 0 saturated heterocycles. The van der Waals surface area contributed by atoms with E-state index in [1.807, 2.05) is 32.1 Å². The highest BCUT2D eigenvalue weighted by atomic mass is 19.1. The van der Waals surface area contributed by atoms with Crippen LogP contribution in [-0.2, 0) is 20.8 Å². The Bertz CT molecular complexity index is 1610. The summed E-state index contributed by atoms with van der Waals surface area (Å²) in [4.78, 5) is 42.1. The topological polar surface area (TPSA) is 138 Å². The molecule has 236 valence electrons. The van der Waals surface area contributed by atoms with E-state index in [2.05, 4.69) is 21.1 Å². The second-order valence-electron chi connectivity index (χ2n) is 11.9. The lowest BCUT2D eigenvalue weighted by atomic mass is 9.93. The van der Waals surface area contributed by atoms with E-state index in [0.29, 0.717) is 34.8 Å². The van der Waals surface area contributed by atoms with Crippen LogP contribution >= 0.6 is 0 Å². The third-order valence-corrected chi connectivity index (χ3v) is 6.84. The molecule has 10 nitrogen and oxygen atoms in total. The van der Waals surface area contributed by atoms with Crippen LogP contribution in [0, 0.1) is 18.7 Å². The van der Waals surface area contributed by atoms with Crippen molar-refractivity contribution in [2.24, 2.45) is 11.1 Å². The number of ether oxygens (including phenoxy) is 1. The van der Waals surface area contributed by atoms with E-state index in [9.17, 15) is 19.5 Å². The fourth-order valence-electron chi connectivity index (χ4n) is 4.54. The number of hydrogen-bond donors (Lipinski definition) is 4. The number of benzene rings is 3. The molecule has 2 atom stereocenters. The number of carboxylic acid groups (broad SMARTS) is 1. The molecule has 4 rings (SSSR count). The van der Waals surface area contributed by atoms with Gasteiger partial charge < -0.3 is 25.3 Å². The first-order chi connectivity index (χ1) is 21.3. The molecular weight excluding hydrogens is 579 g/mol. The number of anilines is 2. The van der Waals surface area contributed by atoms with Crippen molar-refractivity contribution in [1.82, 2.24) is 5.32 Å². The Morgan fingerprint density at radius 2 is 1.67 bits per heavy atom. The number of hydrogen-bond acceptors (Lipinski definition) is 6. The third-order valence-electron chi connectivity index (χ3n) is 6.84. The van der Waals surface area contributed by atoms with E-state index < -0.39 is 35.6 Å². The highest BCUT2D eigenvalue weighted by molar-refractivity contribution is 6.02. The maximum Gasteiger partial charge on any atom is 0.412 e. The van der Waals surface area contributed by atoms with Crippen LogP contribution in [0.4, 0.5) is 25.4 Å². The molecule has 2 unspecified atom stereocenters. The summed E-state index contributed by atoms with van der Waals surface area (Å²) in [5.41, 5.74) is 3.21. The van der Waals surface area contributed by atoms with Crippen LogP contribution in [0.3, 0.4) is 0 Å². The highest BCUT2D eigenvalue weighted by Gasteiger charge is 2.24. The van der Waals surface area contributed by atoms with Gasteiger partial charge in [0, 0.05) is 34.8 Å². The molecule has 0 aliphatic carbocycles. The number of nitrogens with one attached hydrogen (secondary N) is 3. The third kappa shape index (κ3) is 9.40. The number of amides is 3. The zero-order valence-electron chi connectivity index (χ0n) is 25.8. The lowest BCUT2D eigenvalue weighted by molar-refractivity contribution is -0.139. The molecule has 3 aromatic carbocycles. The fraction of sp³-hybridized carbons (Fsp3) is 0.294. The standard InChI is InChI=1S/C34H37FN4O6/c1-20-6-12-24(13-7-20)36-32(42)38-28(31(40)41)19-22-9-16-26(27(35)18-22)30-21(2)8-17-29(45-39-30)23-10-14-25(15-11-23)37-33(43)44-34(3,4)5/h6-7,9-18,21,28H,8,19H2,1-5H3,(H,37,43)(H,40,41)(H2,36,38,42). The minimum absolute atomic E-state index is 0.128. The molecule has 1 heterocycles. The smallest absolute Gasteiger partial charge is 0.412 e. The quantitative estimate of drug-likeness (QED) is 0.213. The normalized spacial score (nSPS) is 15.4. The molecular formula is C34H37FN4O6. The first kappa shape index (κ1) is 32.7. The maximum absolute atomic E-state index is 15.4. The number of aryl methyl sites for hydroxylation is 1. The van der Waals surface area contributed by atoms with Crippen molar-refractivity contribution in [3.63, 3.8) is 0 Å². The van der Waals surface area contributed by atoms with E-state index in [1.165, 1.54) is 12.1 Å². The van der Waals surface area contributed by atoms with Gasteiger partial charge in [-0.2, -0.15) is 0 Å². The van der Waals surface area contributed by atoms with Crippen LogP contribution in [0.25, 0.3) is 5.76 Å². The predicted molar refractivity (Wildman–Crippen MR) is 171 cm³/mol. The van der Waals surface area contributed by atoms with Crippen LogP contribution in [0.5, 0.6) is 0 Å². The molecule has 0 bridgehead atoms. The van der Waals surface area contributed by atoms with E-state index in [0.717, 1.165) is 11.1 Å². The summed E-state index contributed by atoms with van der Waals surface area (Å²) < 4.78 is 20.7. The minimum Gasteiger partial charge on any atom is -0.480 e. The largest absolute Gasteiger partial charge is 0.480 e. The second kappa shape index (κ2) is 14.1. The van der Waals surface area contributed by atoms with Gasteiger partial charge in [-0.1, -0.05) is 35.8 Å². The molecule has 45 heavy (non-hydrogen) atoms. The van der Waals surface area contributed by atoms with Crippen molar-refractivity contribution in [3.05, 3.63) is 101 Å². The Morgan fingerprint density at radius 3 is 2.29 bits per heavy atom. The summed E-state index contributed by atoms with van der Waals surface area (Å²) in [5, 5.41) is 21.7. The Kier molecular flexibility index (Phi) is 10.2. The highest BCUT2D eigenvalue weighted by Crippen LogP contribution is 2.27. The van der Waals surface area contributed by atoms with Gasteiger partial charge >= 0.3 is 18.1 Å². The zero-order chi connectivity index (χ0) is 32.7. The SMILES string of the molecule is Cc1ccc(NC(=O)NC(Cc2ccc(C3=NOC(c4ccc(NC(=O)OC(C)(C)C)cc4)=CCC3C)c(F)c2)C(=O)O)cc1. The first-order valence-corrected chi connectivity index (χ1v) is 14.5. The number of nitrogens with zero attached hydrogens (tertiary/aromatic N) is 1. The van der Waals surface area contributed by atoms with Crippen molar-refractivity contribution < 1.29 is 33.5 Å². The van der Waals surface area contributed by atoms with E-state index in [4.69, 9.17) is 9.57 Å². The van der Waals surface area contributed by atoms with Crippen LogP contribution in [0.2, 0.25) is 0 Å². The predicted octanol–water partition coefficient (Wildman–Crippen LogP) is 7.10. The lowest BCUT2D eigenvalue weighted by Crippen LogP contribution is -2.44. The van der Waals surface area contributed by atoms with Gasteiger partial charge in [-0.15, -0.1) is 0 Å². The summed E-state index contributed by atoms with van der Waals surface area (Å²) in [7, 11) is 0. The lowest BCUT2D eigenvalue weighted by Gasteiger charge is -2.19. The number of aliphatic carboxylic acids is 1. The van der Waals surface area contributed by atoms with Gasteiger partial charge in [0.25, 0.3) is 0 Å². The van der Waals surface area contributed by atoms with Crippen LogP contribution in [0.1, 0.15) is 56.4 Å². The van der Waals surface area contributed by atoms with Gasteiger partial charge in [-0.05, 0) is 94.3 Å². The van der Waals surface area contributed by atoms with Crippen molar-refractivity contribution >= 4 is 40.9 Å². The molecule has 11 heteroatoms. The molecule has 4 N–H and O–H groups in total. The number of urea groups is 1. The minimum atomic E-state index is -1.28. The van der Waals surface area contributed by atoms with Gasteiger partial charge in [-0.3, -0.25) is 5.32 Å². The van der Waals surface area contributed by atoms with E-state index >= 15 is 4.39 Å². The monoisotopic (exact) mass is 616 g/mol. The number of rotatable bonds is 8. The Labute approximate surface area is 261 Å². The van der Waals surface area contributed by atoms with Crippen LogP contribution < -0.4 is 16.0 Å². The van der Waals surface area contributed by atoms with E-state index in [1.54, 1.807) is 63.2 Å². The summed E-state index contributed by atoms with van der Waals surface area (Å²) in [5.74, 6) is -1.54. The molecule has 0 saturated carbocycles. The Balaban J connectivity index is 1.41. The van der Waals surface area contributed by atoms with Gasteiger partial charge in [0.1, 0.15) is 17.5 Å². The maximum atomic E-state index is 15.4. The van der Waals surface area contributed by atoms with Gasteiger partial charge in [0.15, 0.2) is 5.76 Å². The Morgan fingerprint density at radius 1 is 1.02 bits per heavy atom. The van der Waals surface area contributed by atoms with Crippen molar-refractivity contribution in [3.8, 4) is 0 Å². The van der Waals surface area contributed by atoms with E-state index in [-0.39, 0.29) is 17.9 Å². The summed E-state index contributed by atoms with van der Waals surface area (Å²) in [6.07, 6.45) is 1.70. The van der Waals surface area contributed by atoms with Gasteiger partial charge in [-0.25, -0.2) is 18.8 Å². The molecule has 3 amide bonds. The fourth-order valence-corrected chi connectivity index (χ4v) is 4.54. The summed E-state index contributed by atoms with van der Waals surface area (Å²) in [6.45, 7) is 9.16. The molecule has 0 spiro atoms. The number of halogens is 1. The van der Waals surface area contributed by atoms with Crippen molar-refractivity contribution in [1.29, 1.82) is 0 Å². The second-order valence-corrected chi connectivity index (χ2v) is 11.9. The zero-order valence-corrected chi connectivity index (χ0v) is 25.8. The molecule has 0 aromatic heterocycles. The van der Waals surface area contributed by atoms with Crippen LogP contribution in [-0.4, -0.2) is 40.6 Å².